The van der Waals surface area contributed by atoms with Gasteiger partial charge in [0.2, 0.25) is 0 Å². The summed E-state index contributed by atoms with van der Waals surface area (Å²) in [6.07, 6.45) is 1.78. The van der Waals surface area contributed by atoms with Gasteiger partial charge in [-0.3, -0.25) is 9.55 Å². The number of hydrogen-bond acceptors (Lipinski definition) is 3. The van der Waals surface area contributed by atoms with Crippen LogP contribution in [-0.4, -0.2) is 19.6 Å². The monoisotopic (exact) mass is 949 g/mol. The van der Waals surface area contributed by atoms with E-state index in [2.05, 4.69) is 39.0 Å². The molecule has 4 nitrogen and oxygen atoms in total. The Morgan fingerprint density at radius 1 is 0.655 bits per heavy atom. The van der Waals surface area contributed by atoms with Gasteiger partial charge in [-0.15, -0.1) is 29.3 Å². The van der Waals surface area contributed by atoms with E-state index in [9.17, 15) is 5.11 Å². The van der Waals surface area contributed by atoms with Crippen LogP contribution in [0.4, 0.5) is 0 Å². The molecule has 0 aliphatic heterocycles. The fourth-order valence-electron chi connectivity index (χ4n) is 7.26. The third kappa shape index (κ3) is 7.96. The number of phenolic OH excluding ortho intramolecular Hbond substituents is 1. The Bertz CT molecular complexity index is 3090. The molecule has 0 unspecified atom stereocenters. The zero-order valence-corrected chi connectivity index (χ0v) is 35.2. The molecule has 6 aromatic carbocycles. The minimum absolute atomic E-state index is 0. The van der Waals surface area contributed by atoms with Gasteiger partial charge in [-0.2, -0.15) is 0 Å². The van der Waals surface area contributed by atoms with Crippen molar-refractivity contribution >= 4 is 11.0 Å². The van der Waals surface area contributed by atoms with Gasteiger partial charge in [0.15, 0.2) is 0 Å². The molecule has 294 valence electrons. The largest absolute Gasteiger partial charge is 0.507 e. The standard InChI is InChI=1S/C53H50N3O.Pt/c1-34(2)35-21-23-36(24-22-35)38-27-28-54-46(32-38)40-29-39(30-42(31-40)53(6,7)8)43-18-14-19-48-50(43)55-51(44-17-12-13-20-49(44)57)56(48)47-26-25-41(52(3,4)5)33-45(47)37-15-10-9-11-16-37;/h9-28,30-34,57H,1-8H3;/q-1;/i3D3,4D3,5D3,34D;. The second kappa shape index (κ2) is 16.0. The van der Waals surface area contributed by atoms with Crippen molar-refractivity contribution in [3.8, 4) is 67.5 Å². The Labute approximate surface area is 372 Å². The molecule has 58 heavy (non-hydrogen) atoms. The number of imidazole rings is 1. The zero-order chi connectivity index (χ0) is 48.5. The number of hydrogen-bond donors (Lipinski definition) is 1. The van der Waals surface area contributed by atoms with Crippen LogP contribution in [0, 0.1) is 6.07 Å². The van der Waals surface area contributed by atoms with Crippen molar-refractivity contribution in [2.24, 2.45) is 0 Å². The van der Waals surface area contributed by atoms with E-state index in [1.165, 1.54) is 18.2 Å². The minimum atomic E-state index is -3.48. The summed E-state index contributed by atoms with van der Waals surface area (Å²) in [5.41, 5.74) is 5.67. The van der Waals surface area contributed by atoms with Crippen molar-refractivity contribution < 1.29 is 39.9 Å². The maximum Gasteiger partial charge on any atom is 0.148 e. The quantitative estimate of drug-likeness (QED) is 0.162. The molecule has 8 rings (SSSR count). The molecule has 0 saturated carbocycles. The van der Waals surface area contributed by atoms with Gasteiger partial charge in [0, 0.05) is 52.2 Å². The molecule has 5 heteroatoms. The van der Waals surface area contributed by atoms with E-state index < -0.39 is 37.4 Å². The van der Waals surface area contributed by atoms with Gasteiger partial charge in [-0.25, -0.2) is 4.98 Å². The van der Waals surface area contributed by atoms with E-state index in [1.807, 2.05) is 73.0 Å². The van der Waals surface area contributed by atoms with Crippen LogP contribution in [0.15, 0.2) is 146 Å². The molecule has 0 radical (unpaired) electrons. The molecule has 2 aromatic heterocycles. The zero-order valence-electron chi connectivity index (χ0n) is 43.0. The predicted molar refractivity (Wildman–Crippen MR) is 238 cm³/mol. The van der Waals surface area contributed by atoms with Crippen molar-refractivity contribution in [3.05, 3.63) is 168 Å². The van der Waals surface area contributed by atoms with Crippen LogP contribution in [-0.2, 0) is 31.9 Å². The maximum atomic E-state index is 11.4. The van der Waals surface area contributed by atoms with Crippen molar-refractivity contribution in [3.63, 3.8) is 0 Å². The van der Waals surface area contributed by atoms with E-state index >= 15 is 0 Å². The molecule has 0 bridgehead atoms. The Kier molecular flexibility index (Phi) is 8.17. The molecule has 0 aliphatic rings. The fraction of sp³-hybridized carbons (Fsp3) is 0.208. The van der Waals surface area contributed by atoms with Crippen molar-refractivity contribution in [2.45, 2.75) is 71.9 Å². The second-order valence-electron chi connectivity index (χ2n) is 15.8. The molecule has 0 amide bonds. The number of aromatic hydroxyl groups is 1. The molecule has 2 heterocycles. The molecule has 0 fully saturated rings. The predicted octanol–water partition coefficient (Wildman–Crippen LogP) is 14.0. The summed E-state index contributed by atoms with van der Waals surface area (Å²) in [5, 5.41) is 11.4. The van der Waals surface area contributed by atoms with Crippen molar-refractivity contribution in [2.75, 3.05) is 0 Å². The van der Waals surface area contributed by atoms with E-state index in [4.69, 9.17) is 23.7 Å². The van der Waals surface area contributed by atoms with Gasteiger partial charge >= 0.3 is 0 Å². The fourth-order valence-corrected chi connectivity index (χ4v) is 7.26. The average molecular weight is 950 g/mol. The summed E-state index contributed by atoms with van der Waals surface area (Å²) in [7, 11) is 0. The average Bonchev–Trinajstić information content (AvgIpc) is 3.64. The van der Waals surface area contributed by atoms with Gasteiger partial charge in [0.05, 0.1) is 22.3 Å². The molecular weight excluding hydrogens is 890 g/mol. The summed E-state index contributed by atoms with van der Waals surface area (Å²) < 4.78 is 86.7. The van der Waals surface area contributed by atoms with Crippen LogP contribution < -0.4 is 0 Å². The van der Waals surface area contributed by atoms with E-state index in [1.54, 1.807) is 60.8 Å². The number of pyridine rings is 1. The van der Waals surface area contributed by atoms with Gasteiger partial charge in [0.1, 0.15) is 11.6 Å². The topological polar surface area (TPSA) is 50.9 Å². The summed E-state index contributed by atoms with van der Waals surface area (Å²) in [4.78, 5) is 10.1. The van der Waals surface area contributed by atoms with Crippen LogP contribution in [0.1, 0.15) is 91.5 Å². The summed E-state index contributed by atoms with van der Waals surface area (Å²) in [6.45, 7) is -0.304. The number of aromatic nitrogens is 3. The minimum Gasteiger partial charge on any atom is -0.507 e. The Balaban J connectivity index is 0.00000684. The summed E-state index contributed by atoms with van der Waals surface area (Å²) in [6, 6.07) is 45.4. The second-order valence-corrected chi connectivity index (χ2v) is 15.8. The maximum absolute atomic E-state index is 11.4. The van der Waals surface area contributed by atoms with E-state index in [0.29, 0.717) is 50.5 Å². The van der Waals surface area contributed by atoms with Crippen LogP contribution >= 0.6 is 0 Å². The van der Waals surface area contributed by atoms with Crippen molar-refractivity contribution in [1.82, 2.24) is 14.5 Å². The number of benzene rings is 6. The molecule has 0 aliphatic carbocycles. The number of phenols is 1. The molecule has 0 atom stereocenters. The molecular formula is C53H50N3OPt-. The first kappa shape index (κ1) is 29.6. The van der Waals surface area contributed by atoms with Crippen LogP contribution in [0.25, 0.3) is 72.7 Å². The van der Waals surface area contributed by atoms with Gasteiger partial charge in [-0.05, 0) is 80.9 Å². The molecule has 0 saturated heterocycles. The Morgan fingerprint density at radius 3 is 2.07 bits per heavy atom. The first-order valence-corrected chi connectivity index (χ1v) is 19.0. The molecule has 1 N–H and O–H groups in total. The summed E-state index contributed by atoms with van der Waals surface area (Å²) in [5.74, 6) is -0.467. The third-order valence-electron chi connectivity index (χ3n) is 10.4. The van der Waals surface area contributed by atoms with Gasteiger partial charge in [-0.1, -0.05) is 157 Å². The number of fused-ring (bicyclic) bond motifs is 1. The SMILES string of the molecule is [2H]C(C)(C)c1ccc(-c2ccnc(-c3[c-]c(-c4cccc5c4nc(-c4ccccc4O)n5-c4ccc(C(C([2H])([2H])[2H])(C([2H])([2H])[2H])C([2H])([2H])[2H])cc4-c4ccccc4)cc(C(C)(C)C)c3)c2)cc1.[Pt]. The van der Waals surface area contributed by atoms with E-state index in [0.717, 1.165) is 33.4 Å². The van der Waals surface area contributed by atoms with Crippen molar-refractivity contribution in [1.29, 1.82) is 0 Å². The third-order valence-corrected chi connectivity index (χ3v) is 10.4. The van der Waals surface area contributed by atoms with Crippen LogP contribution in [0.3, 0.4) is 0 Å². The first-order chi connectivity index (χ1) is 31.3. The number of rotatable bonds is 7. The number of para-hydroxylation sites is 2. The van der Waals surface area contributed by atoms with Crippen LogP contribution in [0.2, 0.25) is 0 Å². The van der Waals surface area contributed by atoms with Gasteiger partial charge in [0.25, 0.3) is 0 Å². The smallest absolute Gasteiger partial charge is 0.148 e. The number of nitrogens with zero attached hydrogens (tertiary/aromatic N) is 3. The normalized spacial score (nSPS) is 15.3. The Hall–Kier alpha value is -5.57. The van der Waals surface area contributed by atoms with Crippen LogP contribution in [0.5, 0.6) is 5.75 Å². The Morgan fingerprint density at radius 2 is 1.36 bits per heavy atom. The summed E-state index contributed by atoms with van der Waals surface area (Å²) >= 11 is 0. The molecule has 8 aromatic rings. The molecule has 0 spiro atoms. The first-order valence-electron chi connectivity index (χ1n) is 24.0. The van der Waals surface area contributed by atoms with E-state index in [-0.39, 0.29) is 32.2 Å². The van der Waals surface area contributed by atoms with Gasteiger partial charge < -0.3 is 5.11 Å².